The van der Waals surface area contributed by atoms with Gasteiger partial charge in [0.1, 0.15) is 6.33 Å². The molecule has 3 aliphatic rings. The largest absolute Gasteiger partial charge is 0.305 e. The molecule has 3 atom stereocenters. The number of aromatic nitrogens is 5. The van der Waals surface area contributed by atoms with Gasteiger partial charge in [-0.05, 0) is 88.7 Å². The van der Waals surface area contributed by atoms with Gasteiger partial charge in [0, 0.05) is 33.3 Å². The van der Waals surface area contributed by atoms with E-state index in [9.17, 15) is 4.79 Å². The van der Waals surface area contributed by atoms with Crippen LogP contribution in [0, 0.1) is 12.8 Å². The van der Waals surface area contributed by atoms with E-state index in [2.05, 4.69) is 58.9 Å². The molecular formula is C28H21Cl2N5O. The third-order valence-electron chi connectivity index (χ3n) is 7.63. The van der Waals surface area contributed by atoms with E-state index in [4.69, 9.17) is 23.2 Å². The van der Waals surface area contributed by atoms with E-state index >= 15 is 0 Å². The molecule has 8 heteroatoms. The average Bonchev–Trinajstić information content (AvgIpc) is 3.18. The molecule has 1 aliphatic heterocycles. The summed E-state index contributed by atoms with van der Waals surface area (Å²) in [5.41, 5.74) is 8.19. The number of hydrogen-bond acceptors (Lipinski definition) is 4. The molecule has 3 heterocycles. The molecule has 0 amide bonds. The number of hydrogen-bond donors (Lipinski definition) is 0. The molecule has 6 nitrogen and oxygen atoms in total. The highest BCUT2D eigenvalue weighted by molar-refractivity contribution is 6.35. The Kier molecular flexibility index (Phi) is 4.85. The van der Waals surface area contributed by atoms with Crippen molar-refractivity contribution in [1.29, 1.82) is 0 Å². The van der Waals surface area contributed by atoms with E-state index in [1.165, 1.54) is 17.5 Å². The Morgan fingerprint density at radius 2 is 1.83 bits per heavy atom. The van der Waals surface area contributed by atoms with Crippen LogP contribution in [0.25, 0.3) is 22.4 Å². The first-order chi connectivity index (χ1) is 17.5. The van der Waals surface area contributed by atoms with Crippen LogP contribution in [0.1, 0.15) is 41.6 Å². The van der Waals surface area contributed by atoms with E-state index in [1.54, 1.807) is 16.8 Å². The predicted octanol–water partition coefficient (Wildman–Crippen LogP) is 6.09. The smallest absolute Gasteiger partial charge is 0.251 e. The van der Waals surface area contributed by atoms with Crippen LogP contribution in [-0.4, -0.2) is 24.8 Å². The number of rotatable bonds is 4. The number of aryl methyl sites for hydroxylation is 1. The number of allylic oxidation sites excluding steroid dienone is 4. The Labute approximate surface area is 217 Å². The minimum atomic E-state index is -0.0110. The Balaban J connectivity index is 1.27. The van der Waals surface area contributed by atoms with Crippen molar-refractivity contribution >= 4 is 28.8 Å². The van der Waals surface area contributed by atoms with Gasteiger partial charge in [0.05, 0.1) is 11.7 Å². The average molecular weight is 514 g/mol. The molecule has 178 valence electrons. The monoisotopic (exact) mass is 513 g/mol. The molecule has 0 radical (unpaired) electrons. The molecule has 2 aromatic carbocycles. The van der Waals surface area contributed by atoms with Gasteiger partial charge in [0.25, 0.3) is 5.56 Å². The summed E-state index contributed by atoms with van der Waals surface area (Å²) in [5, 5.41) is 12.9. The van der Waals surface area contributed by atoms with E-state index in [-0.39, 0.29) is 11.6 Å². The first kappa shape index (κ1) is 21.8. The topological polar surface area (TPSA) is 65.6 Å². The summed E-state index contributed by atoms with van der Waals surface area (Å²) in [6.45, 7) is 2.08. The van der Waals surface area contributed by atoms with Gasteiger partial charge in [0.15, 0.2) is 0 Å². The lowest BCUT2D eigenvalue weighted by molar-refractivity contribution is 0.524. The van der Waals surface area contributed by atoms with Crippen LogP contribution in [0.5, 0.6) is 0 Å². The highest BCUT2D eigenvalue weighted by atomic mass is 35.5. The number of fused-ring (bicyclic) bond motifs is 3. The van der Waals surface area contributed by atoms with Gasteiger partial charge in [0.2, 0.25) is 0 Å². The second kappa shape index (κ2) is 8.02. The van der Waals surface area contributed by atoms with Crippen molar-refractivity contribution in [3.05, 3.63) is 110 Å². The number of tetrazole rings is 1. The fraction of sp³-hybridized carbons (Fsp3) is 0.214. The summed E-state index contributed by atoms with van der Waals surface area (Å²) in [7, 11) is 0. The molecular weight excluding hydrogens is 493 g/mol. The van der Waals surface area contributed by atoms with Crippen molar-refractivity contribution in [3.63, 3.8) is 0 Å². The molecule has 0 spiro atoms. The molecule has 4 aromatic rings. The first-order valence-corrected chi connectivity index (χ1v) is 12.7. The van der Waals surface area contributed by atoms with Crippen LogP contribution in [0.15, 0.2) is 82.4 Å². The van der Waals surface area contributed by atoms with Crippen LogP contribution in [0.2, 0.25) is 5.02 Å². The van der Waals surface area contributed by atoms with Crippen LogP contribution in [0.3, 0.4) is 0 Å². The van der Waals surface area contributed by atoms with Crippen molar-refractivity contribution in [2.45, 2.75) is 31.7 Å². The maximum Gasteiger partial charge on any atom is 0.251 e. The molecule has 3 unspecified atom stereocenters. The summed E-state index contributed by atoms with van der Waals surface area (Å²) >= 11 is 13.1. The van der Waals surface area contributed by atoms with Crippen molar-refractivity contribution in [1.82, 2.24) is 24.8 Å². The fourth-order valence-electron chi connectivity index (χ4n) is 5.86. The van der Waals surface area contributed by atoms with E-state index < -0.39 is 0 Å². The Morgan fingerprint density at radius 1 is 1.00 bits per heavy atom. The van der Waals surface area contributed by atoms with E-state index in [1.807, 2.05) is 16.7 Å². The Hall–Kier alpha value is -3.48. The summed E-state index contributed by atoms with van der Waals surface area (Å²) < 4.78 is 3.57. The lowest BCUT2D eigenvalue weighted by Gasteiger charge is -2.21. The standard InChI is InChI=1S/C28H21Cl2N5O/c1-15-2-4-16(5-3-15)20-8-18(9-24(20)30)28-23-13-22(23)26-10-17(11-27(36)35(26)28)21-12-19(29)6-7-25(21)34-14-31-32-33-34/h2-7,9-12,14,22-23,28H,8,13H2,1H3. The minimum absolute atomic E-state index is 0.0110. The first-order valence-electron chi connectivity index (χ1n) is 11.9. The molecule has 2 aliphatic carbocycles. The van der Waals surface area contributed by atoms with Crippen LogP contribution in [0.4, 0.5) is 0 Å². The SMILES string of the molecule is Cc1ccc(C2=C(Cl)C=C(C3C4CC4c4cc(-c5cc(Cl)ccc5-n5cnnn5)cc(=O)n43)C2)cc1. The van der Waals surface area contributed by atoms with Gasteiger partial charge in [-0.2, -0.15) is 4.68 Å². The minimum Gasteiger partial charge on any atom is -0.305 e. The number of pyridine rings is 1. The third kappa shape index (κ3) is 3.39. The summed E-state index contributed by atoms with van der Waals surface area (Å²) in [4.78, 5) is 13.6. The Bertz CT molecular complexity index is 1650. The predicted molar refractivity (Wildman–Crippen MR) is 140 cm³/mol. The highest BCUT2D eigenvalue weighted by Crippen LogP contribution is 2.62. The van der Waals surface area contributed by atoms with Gasteiger partial charge in [-0.1, -0.05) is 53.0 Å². The molecule has 36 heavy (non-hydrogen) atoms. The van der Waals surface area contributed by atoms with Crippen molar-refractivity contribution < 1.29 is 0 Å². The van der Waals surface area contributed by atoms with Crippen LogP contribution >= 0.6 is 23.2 Å². The van der Waals surface area contributed by atoms with E-state index in [0.717, 1.165) is 51.5 Å². The normalized spacial score (nSPS) is 22.0. The second-order valence-corrected chi connectivity index (χ2v) is 10.7. The summed E-state index contributed by atoms with van der Waals surface area (Å²) in [5.74, 6) is 0.806. The van der Waals surface area contributed by atoms with E-state index in [0.29, 0.717) is 16.9 Å². The molecule has 7 rings (SSSR count). The quantitative estimate of drug-likeness (QED) is 0.331. The maximum atomic E-state index is 13.6. The lowest BCUT2D eigenvalue weighted by Crippen LogP contribution is -2.26. The molecule has 0 N–H and O–H groups in total. The van der Waals surface area contributed by atoms with Gasteiger partial charge >= 0.3 is 0 Å². The number of benzene rings is 2. The zero-order chi connectivity index (χ0) is 24.6. The Morgan fingerprint density at radius 3 is 2.61 bits per heavy atom. The molecule has 0 bridgehead atoms. The summed E-state index contributed by atoms with van der Waals surface area (Å²) in [6, 6.07) is 17.9. The molecule has 2 aromatic heterocycles. The number of halogens is 2. The van der Waals surface area contributed by atoms with Crippen LogP contribution in [-0.2, 0) is 0 Å². The summed E-state index contributed by atoms with van der Waals surface area (Å²) in [6.07, 6.45) is 5.47. The third-order valence-corrected chi connectivity index (χ3v) is 8.20. The highest BCUT2D eigenvalue weighted by Gasteiger charge is 2.54. The van der Waals surface area contributed by atoms with Crippen molar-refractivity contribution in [2.75, 3.05) is 0 Å². The van der Waals surface area contributed by atoms with Crippen molar-refractivity contribution in [3.8, 4) is 16.8 Å². The fourth-order valence-corrected chi connectivity index (χ4v) is 6.35. The maximum absolute atomic E-state index is 13.6. The van der Waals surface area contributed by atoms with Gasteiger partial charge in [-0.25, -0.2) is 0 Å². The molecule has 0 saturated heterocycles. The van der Waals surface area contributed by atoms with Gasteiger partial charge < -0.3 is 4.57 Å². The van der Waals surface area contributed by atoms with Crippen LogP contribution < -0.4 is 5.56 Å². The zero-order valence-electron chi connectivity index (χ0n) is 19.4. The number of nitrogens with zero attached hydrogens (tertiary/aromatic N) is 5. The molecule has 1 saturated carbocycles. The van der Waals surface area contributed by atoms with Crippen molar-refractivity contribution in [2.24, 2.45) is 5.92 Å². The zero-order valence-corrected chi connectivity index (χ0v) is 20.9. The van der Waals surface area contributed by atoms with Gasteiger partial charge in [-0.3, -0.25) is 4.79 Å². The molecule has 1 fully saturated rings. The van der Waals surface area contributed by atoms with Gasteiger partial charge in [-0.15, -0.1) is 5.10 Å². The second-order valence-electron chi connectivity index (χ2n) is 9.83. The lowest BCUT2D eigenvalue weighted by atomic mass is 9.96.